The molecule has 4 aromatic heterocycles. The molecule has 0 spiro atoms. The molecule has 4 rings (SSSR count). The van der Waals surface area contributed by atoms with Gasteiger partial charge in [-0.3, -0.25) is 19.3 Å². The van der Waals surface area contributed by atoms with Crippen LogP contribution in [0.2, 0.25) is 0 Å². The van der Waals surface area contributed by atoms with Crippen LogP contribution in [0.3, 0.4) is 0 Å². The van der Waals surface area contributed by atoms with Gasteiger partial charge < -0.3 is 15.7 Å². The fourth-order valence-electron chi connectivity index (χ4n) is 3.31. The highest BCUT2D eigenvalue weighted by Gasteiger charge is 2.26. The molecule has 0 saturated heterocycles. The molecular formula is C22H22N8O4S. The Balaban J connectivity index is 1.51. The molecule has 0 aliphatic carbocycles. The van der Waals surface area contributed by atoms with Gasteiger partial charge in [-0.1, -0.05) is 19.9 Å². The van der Waals surface area contributed by atoms with Crippen molar-refractivity contribution in [1.82, 2.24) is 34.8 Å². The first kappa shape index (κ1) is 23.8. The molecule has 4 aromatic rings. The Morgan fingerprint density at radius 1 is 1.17 bits per heavy atom. The van der Waals surface area contributed by atoms with Crippen LogP contribution in [0.4, 0.5) is 10.5 Å². The Morgan fingerprint density at radius 2 is 1.97 bits per heavy atom. The number of aryl methyl sites for hydroxylation is 1. The molecule has 4 heterocycles. The summed E-state index contributed by atoms with van der Waals surface area (Å²) in [5, 5.41) is 24.6. The summed E-state index contributed by atoms with van der Waals surface area (Å²) in [6, 6.07) is 4.48. The Kier molecular flexibility index (Phi) is 6.68. The normalized spacial score (nSPS) is 11.9. The molecule has 0 bridgehead atoms. The van der Waals surface area contributed by atoms with Crippen LogP contribution < -0.4 is 10.6 Å². The van der Waals surface area contributed by atoms with Gasteiger partial charge >= 0.3 is 6.09 Å². The Hall–Kier alpha value is -4.39. The van der Waals surface area contributed by atoms with Crippen molar-refractivity contribution >= 4 is 34.9 Å². The van der Waals surface area contributed by atoms with Crippen molar-refractivity contribution in [3.05, 3.63) is 54.1 Å². The monoisotopic (exact) mass is 494 g/mol. The van der Waals surface area contributed by atoms with E-state index in [0.717, 1.165) is 4.68 Å². The zero-order valence-corrected chi connectivity index (χ0v) is 19.9. The Labute approximate surface area is 203 Å². The predicted molar refractivity (Wildman–Crippen MR) is 128 cm³/mol. The molecule has 12 nitrogen and oxygen atoms in total. The summed E-state index contributed by atoms with van der Waals surface area (Å²) >= 11 is 1.22. The maximum Gasteiger partial charge on any atom is 0.405 e. The van der Waals surface area contributed by atoms with Gasteiger partial charge in [0.15, 0.2) is 0 Å². The first-order chi connectivity index (χ1) is 16.7. The number of nitrogens with zero attached hydrogens (tertiary/aromatic N) is 6. The van der Waals surface area contributed by atoms with Gasteiger partial charge in [0.1, 0.15) is 22.4 Å². The minimum absolute atomic E-state index is 0.188. The average Bonchev–Trinajstić information content (AvgIpc) is 3.57. The van der Waals surface area contributed by atoms with Crippen molar-refractivity contribution in [2.75, 3.05) is 5.32 Å². The minimum Gasteiger partial charge on any atom is -0.465 e. The van der Waals surface area contributed by atoms with E-state index in [9.17, 15) is 14.4 Å². The van der Waals surface area contributed by atoms with Crippen molar-refractivity contribution in [1.29, 1.82) is 0 Å². The third-order valence-electron chi connectivity index (χ3n) is 4.99. The molecule has 0 unspecified atom stereocenters. The second-order valence-electron chi connectivity index (χ2n) is 7.96. The van der Waals surface area contributed by atoms with Crippen LogP contribution in [0.5, 0.6) is 0 Å². The zero-order valence-electron chi connectivity index (χ0n) is 19.0. The van der Waals surface area contributed by atoms with Crippen molar-refractivity contribution in [3.63, 3.8) is 0 Å². The van der Waals surface area contributed by atoms with E-state index in [-0.39, 0.29) is 11.6 Å². The average molecular weight is 495 g/mol. The van der Waals surface area contributed by atoms with E-state index in [4.69, 9.17) is 5.11 Å². The van der Waals surface area contributed by atoms with Crippen LogP contribution in [-0.4, -0.2) is 58.6 Å². The number of aromatic nitrogens is 6. The number of nitrogens with one attached hydrogen (secondary N) is 2. The zero-order chi connectivity index (χ0) is 25.1. The topological polar surface area (TPSA) is 157 Å². The maximum absolute atomic E-state index is 12.9. The maximum atomic E-state index is 12.9. The van der Waals surface area contributed by atoms with E-state index in [1.165, 1.54) is 23.7 Å². The fourth-order valence-corrected chi connectivity index (χ4v) is 4.09. The molecule has 3 N–H and O–H groups in total. The first-order valence-electron chi connectivity index (χ1n) is 10.5. The largest absolute Gasteiger partial charge is 0.465 e. The van der Waals surface area contributed by atoms with Crippen LogP contribution in [0, 0.1) is 5.92 Å². The van der Waals surface area contributed by atoms with Crippen LogP contribution in [0.1, 0.15) is 29.1 Å². The van der Waals surface area contributed by atoms with E-state index in [1.54, 1.807) is 55.5 Å². The standard InChI is InChI=1S/C22H22N8O4S/c1-12(2)17(27-22(33)34)21(32)30-9-13(8-24-30)20-26-16(11-35-20)19(31)25-15-10-29(3)28-18(15)14-6-4-5-7-23-14/h4-12,17,27H,1-3H3,(H,25,31)(H,33,34)/t17-/m1/s1. The number of hydrogen-bond donors (Lipinski definition) is 3. The van der Waals surface area contributed by atoms with E-state index in [1.807, 2.05) is 6.07 Å². The third kappa shape index (κ3) is 5.24. The number of thiazole rings is 1. The number of amides is 2. The molecular weight excluding hydrogens is 472 g/mol. The summed E-state index contributed by atoms with van der Waals surface area (Å²) in [5.74, 6) is -1.21. The smallest absolute Gasteiger partial charge is 0.405 e. The number of anilines is 1. The summed E-state index contributed by atoms with van der Waals surface area (Å²) in [6.45, 7) is 3.46. The van der Waals surface area contributed by atoms with E-state index >= 15 is 0 Å². The summed E-state index contributed by atoms with van der Waals surface area (Å²) in [6.07, 6.45) is 4.94. The highest BCUT2D eigenvalue weighted by Crippen LogP contribution is 2.27. The second kappa shape index (κ2) is 9.85. The minimum atomic E-state index is -1.29. The number of carbonyl (C=O) groups is 3. The Morgan fingerprint density at radius 3 is 2.66 bits per heavy atom. The molecule has 0 aliphatic rings. The number of carbonyl (C=O) groups excluding carboxylic acids is 2. The summed E-state index contributed by atoms with van der Waals surface area (Å²) in [7, 11) is 1.75. The molecule has 2 amide bonds. The summed E-state index contributed by atoms with van der Waals surface area (Å²) in [4.78, 5) is 45.3. The van der Waals surface area contributed by atoms with Crippen LogP contribution in [0.25, 0.3) is 22.0 Å². The molecule has 0 fully saturated rings. The lowest BCUT2D eigenvalue weighted by molar-refractivity contribution is 0.0809. The lowest BCUT2D eigenvalue weighted by atomic mass is 10.0. The molecule has 0 saturated carbocycles. The SMILES string of the molecule is CC(C)[C@@H](NC(=O)O)C(=O)n1cc(-c2nc(C(=O)Nc3cn(C)nc3-c3ccccn3)cs2)cn1. The van der Waals surface area contributed by atoms with Gasteiger partial charge in [-0.25, -0.2) is 14.5 Å². The van der Waals surface area contributed by atoms with Crippen LogP contribution >= 0.6 is 11.3 Å². The molecule has 0 radical (unpaired) electrons. The number of rotatable bonds is 7. The fraction of sp³-hybridized carbons (Fsp3) is 0.227. The molecule has 0 aliphatic heterocycles. The van der Waals surface area contributed by atoms with Crippen LogP contribution in [-0.2, 0) is 7.05 Å². The number of carboxylic acid groups (broad SMARTS) is 1. The molecule has 13 heteroatoms. The van der Waals surface area contributed by atoms with Gasteiger partial charge in [0, 0.05) is 36.6 Å². The molecule has 180 valence electrons. The van der Waals surface area contributed by atoms with Crippen LogP contribution in [0.15, 0.2) is 48.4 Å². The van der Waals surface area contributed by atoms with E-state index < -0.39 is 23.9 Å². The van der Waals surface area contributed by atoms with Crippen molar-refractivity contribution in [2.45, 2.75) is 19.9 Å². The van der Waals surface area contributed by atoms with Gasteiger partial charge in [-0.05, 0) is 18.1 Å². The first-order valence-corrected chi connectivity index (χ1v) is 11.4. The number of hydrogen-bond acceptors (Lipinski definition) is 8. The summed E-state index contributed by atoms with van der Waals surface area (Å²) < 4.78 is 2.66. The lowest BCUT2D eigenvalue weighted by Gasteiger charge is -2.18. The highest BCUT2D eigenvalue weighted by atomic mass is 32.1. The Bertz CT molecular complexity index is 1380. The van der Waals surface area contributed by atoms with E-state index in [2.05, 4.69) is 30.8 Å². The number of pyridine rings is 1. The molecule has 0 aromatic carbocycles. The third-order valence-corrected chi connectivity index (χ3v) is 5.88. The highest BCUT2D eigenvalue weighted by molar-refractivity contribution is 7.13. The second-order valence-corrected chi connectivity index (χ2v) is 8.81. The van der Waals surface area contributed by atoms with Gasteiger partial charge in [-0.15, -0.1) is 11.3 Å². The van der Waals surface area contributed by atoms with Crippen molar-refractivity contribution in [3.8, 4) is 22.0 Å². The van der Waals surface area contributed by atoms with Gasteiger partial charge in [-0.2, -0.15) is 10.2 Å². The van der Waals surface area contributed by atoms with Crippen molar-refractivity contribution < 1.29 is 19.5 Å². The van der Waals surface area contributed by atoms with Gasteiger partial charge in [0.05, 0.1) is 17.6 Å². The molecule has 35 heavy (non-hydrogen) atoms. The van der Waals surface area contributed by atoms with Gasteiger partial charge in [0.25, 0.3) is 11.8 Å². The lowest BCUT2D eigenvalue weighted by Crippen LogP contribution is -2.46. The predicted octanol–water partition coefficient (Wildman–Crippen LogP) is 2.99. The van der Waals surface area contributed by atoms with E-state index in [0.29, 0.717) is 27.6 Å². The quantitative estimate of drug-likeness (QED) is 0.354. The van der Waals surface area contributed by atoms with Gasteiger partial charge in [0.2, 0.25) is 0 Å². The van der Waals surface area contributed by atoms with Crippen molar-refractivity contribution in [2.24, 2.45) is 13.0 Å². The molecule has 1 atom stereocenters. The summed E-state index contributed by atoms with van der Waals surface area (Å²) in [5.41, 5.74) is 2.36.